The van der Waals surface area contributed by atoms with E-state index in [9.17, 15) is 0 Å². The van der Waals surface area contributed by atoms with Gasteiger partial charge in [0.1, 0.15) is 12.4 Å². The first-order valence-electron chi connectivity index (χ1n) is 8.54. The van der Waals surface area contributed by atoms with E-state index in [4.69, 9.17) is 27.9 Å². The highest BCUT2D eigenvalue weighted by Crippen LogP contribution is 2.23. The minimum atomic E-state index is 0.415. The number of benzene rings is 3. The number of hydrogen-bond acceptors (Lipinski definition) is 3. The Morgan fingerprint density at radius 3 is 2.56 bits per heavy atom. The first kappa shape index (κ1) is 19.3. The van der Waals surface area contributed by atoms with Gasteiger partial charge in [-0.2, -0.15) is 5.10 Å². The number of hydrazone groups is 1. The van der Waals surface area contributed by atoms with Gasteiger partial charge in [-0.15, -0.1) is 0 Å². The van der Waals surface area contributed by atoms with Gasteiger partial charge >= 0.3 is 0 Å². The summed E-state index contributed by atoms with van der Waals surface area (Å²) in [6, 6.07) is 19.4. The third kappa shape index (κ3) is 5.49. The average molecular weight is 399 g/mol. The highest BCUT2D eigenvalue weighted by molar-refractivity contribution is 6.42. The van der Waals surface area contributed by atoms with Crippen molar-refractivity contribution < 1.29 is 4.74 Å². The first-order chi connectivity index (χ1) is 13.0. The Hall–Kier alpha value is -2.49. The van der Waals surface area contributed by atoms with Crippen LogP contribution in [-0.4, -0.2) is 6.21 Å². The number of rotatable bonds is 6. The molecule has 3 aromatic rings. The lowest BCUT2D eigenvalue weighted by molar-refractivity contribution is 0.306. The zero-order valence-electron chi connectivity index (χ0n) is 15.2. The van der Waals surface area contributed by atoms with Gasteiger partial charge in [0.15, 0.2) is 0 Å². The van der Waals surface area contributed by atoms with Gasteiger partial charge in [0.2, 0.25) is 0 Å². The molecule has 27 heavy (non-hydrogen) atoms. The Morgan fingerprint density at radius 2 is 1.78 bits per heavy atom. The van der Waals surface area contributed by atoms with Crippen LogP contribution >= 0.6 is 23.2 Å². The van der Waals surface area contributed by atoms with Crippen LogP contribution in [0.5, 0.6) is 5.75 Å². The van der Waals surface area contributed by atoms with Crippen molar-refractivity contribution in [1.82, 2.24) is 0 Å². The molecule has 0 aliphatic carbocycles. The second-order valence-electron chi connectivity index (χ2n) is 6.28. The fourth-order valence-electron chi connectivity index (χ4n) is 2.47. The molecule has 0 atom stereocenters. The summed E-state index contributed by atoms with van der Waals surface area (Å²) in [6.45, 7) is 4.59. The second-order valence-corrected chi connectivity index (χ2v) is 7.09. The second kappa shape index (κ2) is 8.94. The molecular weight excluding hydrogens is 379 g/mol. The Kier molecular flexibility index (Phi) is 6.38. The number of nitrogens with zero attached hydrogens (tertiary/aromatic N) is 1. The van der Waals surface area contributed by atoms with Gasteiger partial charge in [0, 0.05) is 0 Å². The topological polar surface area (TPSA) is 33.6 Å². The normalized spacial score (nSPS) is 11.0. The molecule has 3 rings (SSSR count). The third-order valence-electron chi connectivity index (χ3n) is 4.16. The highest BCUT2D eigenvalue weighted by atomic mass is 35.5. The van der Waals surface area contributed by atoms with Crippen molar-refractivity contribution in [1.29, 1.82) is 0 Å². The molecule has 0 fully saturated rings. The van der Waals surface area contributed by atoms with Crippen LogP contribution < -0.4 is 10.2 Å². The van der Waals surface area contributed by atoms with Gasteiger partial charge in [0.25, 0.3) is 0 Å². The highest BCUT2D eigenvalue weighted by Gasteiger charge is 2.01. The lowest BCUT2D eigenvalue weighted by Gasteiger charge is -2.08. The molecule has 0 aromatic heterocycles. The van der Waals surface area contributed by atoms with Crippen LogP contribution in [0.2, 0.25) is 10.0 Å². The third-order valence-corrected chi connectivity index (χ3v) is 4.90. The van der Waals surface area contributed by atoms with E-state index in [0.29, 0.717) is 16.7 Å². The molecule has 0 aliphatic rings. The van der Waals surface area contributed by atoms with Gasteiger partial charge in [-0.25, -0.2) is 0 Å². The minimum Gasteiger partial charge on any atom is -0.489 e. The van der Waals surface area contributed by atoms with Crippen molar-refractivity contribution in [2.45, 2.75) is 20.5 Å². The molecule has 5 heteroatoms. The Morgan fingerprint density at radius 1 is 0.926 bits per heavy atom. The SMILES string of the molecule is Cc1ccc(NN=Cc2cccc(OCc3ccc(Cl)c(Cl)c3)c2)cc1C. The van der Waals surface area contributed by atoms with Crippen molar-refractivity contribution in [3.05, 3.63) is 93.0 Å². The molecule has 138 valence electrons. The average Bonchev–Trinajstić information content (AvgIpc) is 2.66. The van der Waals surface area contributed by atoms with Crippen molar-refractivity contribution in [2.75, 3.05) is 5.43 Å². The van der Waals surface area contributed by atoms with E-state index in [1.807, 2.05) is 42.5 Å². The molecule has 0 aliphatic heterocycles. The minimum absolute atomic E-state index is 0.415. The van der Waals surface area contributed by atoms with E-state index in [1.165, 1.54) is 11.1 Å². The predicted octanol–water partition coefficient (Wildman–Crippen LogP) is 6.64. The van der Waals surface area contributed by atoms with Gasteiger partial charge in [-0.05, 0) is 72.5 Å². The van der Waals surface area contributed by atoms with Crippen molar-refractivity contribution >= 4 is 35.1 Å². The molecule has 1 N–H and O–H groups in total. The number of hydrogen-bond donors (Lipinski definition) is 1. The first-order valence-corrected chi connectivity index (χ1v) is 9.30. The van der Waals surface area contributed by atoms with Crippen LogP contribution in [0.25, 0.3) is 0 Å². The molecule has 0 unspecified atom stereocenters. The van der Waals surface area contributed by atoms with E-state index in [-0.39, 0.29) is 0 Å². The lowest BCUT2D eigenvalue weighted by Crippen LogP contribution is -1.96. The van der Waals surface area contributed by atoms with E-state index < -0.39 is 0 Å². The monoisotopic (exact) mass is 398 g/mol. The van der Waals surface area contributed by atoms with E-state index >= 15 is 0 Å². The van der Waals surface area contributed by atoms with Crippen LogP contribution in [0.15, 0.2) is 65.8 Å². The molecule has 0 radical (unpaired) electrons. The molecular formula is C22H20Cl2N2O. The van der Waals surface area contributed by atoms with Crippen molar-refractivity contribution in [3.8, 4) is 5.75 Å². The number of ether oxygens (including phenoxy) is 1. The molecule has 0 bridgehead atoms. The van der Waals surface area contributed by atoms with Crippen LogP contribution in [-0.2, 0) is 6.61 Å². The molecule has 0 amide bonds. The maximum atomic E-state index is 6.04. The number of anilines is 1. The lowest BCUT2D eigenvalue weighted by atomic mass is 10.1. The summed E-state index contributed by atoms with van der Waals surface area (Å²) in [5, 5.41) is 5.36. The standard InChI is InChI=1S/C22H20Cl2N2O/c1-15-6-8-19(10-16(15)2)26-25-13-17-4-3-5-20(11-17)27-14-18-7-9-21(23)22(24)12-18/h3-13,26H,14H2,1-2H3. The molecule has 0 spiro atoms. The summed E-state index contributed by atoms with van der Waals surface area (Å²) in [7, 11) is 0. The van der Waals surface area contributed by atoms with Gasteiger partial charge in [0.05, 0.1) is 21.9 Å². The van der Waals surface area contributed by atoms with Gasteiger partial charge < -0.3 is 4.74 Å². The number of nitrogens with one attached hydrogen (secondary N) is 1. The summed E-state index contributed by atoms with van der Waals surface area (Å²) in [4.78, 5) is 0. The number of aryl methyl sites for hydroxylation is 2. The Bertz CT molecular complexity index is 970. The molecule has 0 saturated carbocycles. The van der Waals surface area contributed by atoms with E-state index in [1.54, 1.807) is 12.3 Å². The van der Waals surface area contributed by atoms with Gasteiger partial charge in [-0.3, -0.25) is 5.43 Å². The molecule has 0 saturated heterocycles. The van der Waals surface area contributed by atoms with Crippen molar-refractivity contribution in [3.63, 3.8) is 0 Å². The largest absolute Gasteiger partial charge is 0.489 e. The summed E-state index contributed by atoms with van der Waals surface area (Å²) in [6.07, 6.45) is 1.77. The van der Waals surface area contributed by atoms with E-state index in [0.717, 1.165) is 22.6 Å². The fraction of sp³-hybridized carbons (Fsp3) is 0.136. The Labute approximate surface area is 169 Å². The summed E-state index contributed by atoms with van der Waals surface area (Å²) in [5.41, 5.74) is 8.40. The Balaban J connectivity index is 1.60. The van der Waals surface area contributed by atoms with Crippen molar-refractivity contribution in [2.24, 2.45) is 5.10 Å². The summed E-state index contributed by atoms with van der Waals surface area (Å²) in [5.74, 6) is 0.760. The van der Waals surface area contributed by atoms with Crippen LogP contribution in [0.3, 0.4) is 0 Å². The zero-order valence-corrected chi connectivity index (χ0v) is 16.7. The summed E-state index contributed by atoms with van der Waals surface area (Å²) < 4.78 is 5.84. The maximum Gasteiger partial charge on any atom is 0.120 e. The van der Waals surface area contributed by atoms with E-state index in [2.05, 4.69) is 36.5 Å². The quantitative estimate of drug-likeness (QED) is 0.373. The van der Waals surface area contributed by atoms with Crippen LogP contribution in [0.4, 0.5) is 5.69 Å². The fourth-order valence-corrected chi connectivity index (χ4v) is 2.79. The smallest absolute Gasteiger partial charge is 0.120 e. The molecule has 0 heterocycles. The van der Waals surface area contributed by atoms with Gasteiger partial charge in [-0.1, -0.05) is 47.5 Å². The predicted molar refractivity (Wildman–Crippen MR) is 114 cm³/mol. The summed E-state index contributed by atoms with van der Waals surface area (Å²) >= 11 is 12.0. The zero-order chi connectivity index (χ0) is 19.2. The molecule has 3 aromatic carbocycles. The van der Waals surface area contributed by atoms with Crippen LogP contribution in [0, 0.1) is 13.8 Å². The number of halogens is 2. The van der Waals surface area contributed by atoms with Crippen LogP contribution in [0.1, 0.15) is 22.3 Å². The maximum absolute atomic E-state index is 6.04. The molecule has 3 nitrogen and oxygen atoms in total.